The van der Waals surface area contributed by atoms with Crippen LogP contribution in [-0.4, -0.2) is 30.4 Å². The van der Waals surface area contributed by atoms with Crippen molar-refractivity contribution in [1.29, 1.82) is 0 Å². The third-order valence-corrected chi connectivity index (χ3v) is 6.05. The van der Waals surface area contributed by atoms with Crippen molar-refractivity contribution in [2.75, 3.05) is 25.1 Å². The summed E-state index contributed by atoms with van der Waals surface area (Å²) in [4.78, 5) is 2.36. The second kappa shape index (κ2) is 8.90. The number of hydrogen-bond donors (Lipinski definition) is 2. The lowest BCUT2D eigenvalue weighted by molar-refractivity contribution is 0.415. The summed E-state index contributed by atoms with van der Waals surface area (Å²) in [6.45, 7) is 2.07. The second-order valence-corrected chi connectivity index (χ2v) is 8.20. The fraction of sp³-hybridized carbons (Fsp3) is 0.280. The maximum absolute atomic E-state index is 10.9. The monoisotopic (exact) mass is 443 g/mol. The fourth-order valence-electron chi connectivity index (χ4n) is 4.43. The molecule has 8 heteroatoms. The zero-order valence-corrected chi connectivity index (χ0v) is 18.4. The molecular weight excluding hydrogens is 418 g/mol. The van der Waals surface area contributed by atoms with Crippen molar-refractivity contribution in [2.24, 2.45) is 20.5 Å². The minimum absolute atomic E-state index is 0.0212. The van der Waals surface area contributed by atoms with E-state index in [1.165, 1.54) is 17.3 Å². The highest BCUT2D eigenvalue weighted by atomic mass is 16.5. The van der Waals surface area contributed by atoms with Gasteiger partial charge in [0.15, 0.2) is 0 Å². The van der Waals surface area contributed by atoms with E-state index in [2.05, 4.69) is 25.4 Å². The number of aromatic hydroxyl groups is 2. The number of ether oxygens (including phenoxy) is 1. The van der Waals surface area contributed by atoms with Crippen molar-refractivity contribution < 1.29 is 14.9 Å². The van der Waals surface area contributed by atoms with E-state index in [1.807, 2.05) is 18.2 Å². The molecule has 3 aromatic rings. The number of methoxy groups -OCH3 is 1. The molecule has 0 saturated heterocycles. The summed E-state index contributed by atoms with van der Waals surface area (Å²) in [6.07, 6.45) is 3.91. The first-order valence-electron chi connectivity index (χ1n) is 11.1. The highest BCUT2D eigenvalue weighted by Gasteiger charge is 2.27. The Labute approximate surface area is 191 Å². The van der Waals surface area contributed by atoms with Gasteiger partial charge in [0.2, 0.25) is 0 Å². The molecule has 8 nitrogen and oxygen atoms in total. The quantitative estimate of drug-likeness (QED) is 0.432. The predicted molar refractivity (Wildman–Crippen MR) is 126 cm³/mol. The van der Waals surface area contributed by atoms with Crippen molar-refractivity contribution in [2.45, 2.75) is 25.7 Å². The molecule has 0 aromatic heterocycles. The highest BCUT2D eigenvalue weighted by molar-refractivity contribution is 5.74. The zero-order chi connectivity index (χ0) is 22.8. The van der Waals surface area contributed by atoms with Crippen LogP contribution in [0.4, 0.5) is 28.4 Å². The number of phenolic OH excluding ortho intramolecular Hbond substituents is 2. The molecule has 0 saturated carbocycles. The van der Waals surface area contributed by atoms with Gasteiger partial charge in [-0.15, -0.1) is 10.2 Å². The van der Waals surface area contributed by atoms with Crippen LogP contribution in [0.5, 0.6) is 17.2 Å². The first-order valence-corrected chi connectivity index (χ1v) is 11.1. The molecule has 0 atom stereocenters. The Morgan fingerprint density at radius 2 is 1.48 bits per heavy atom. The standard InChI is InChI=1S/C25H25N5O3/c1-33-19-9-6-17(7-10-19)26-27-18-8-11-23(31)21(15-18)28-29-22-14-16-4-2-12-30-13-3-5-20(24(16)30)25(22)32/h6-11,14-15,31-32H,2-5,12-13H2,1H3. The van der Waals surface area contributed by atoms with Crippen molar-refractivity contribution >= 4 is 28.4 Å². The van der Waals surface area contributed by atoms with Gasteiger partial charge in [-0.2, -0.15) is 10.2 Å². The predicted octanol–water partition coefficient (Wildman–Crippen LogP) is 6.64. The summed E-state index contributed by atoms with van der Waals surface area (Å²) < 4.78 is 5.14. The highest BCUT2D eigenvalue weighted by Crippen LogP contribution is 2.45. The zero-order valence-electron chi connectivity index (χ0n) is 18.4. The van der Waals surface area contributed by atoms with Crippen LogP contribution in [0.3, 0.4) is 0 Å². The van der Waals surface area contributed by atoms with Crippen LogP contribution in [0, 0.1) is 0 Å². The number of rotatable bonds is 5. The molecule has 2 heterocycles. The molecule has 0 amide bonds. The first kappa shape index (κ1) is 20.9. The fourth-order valence-corrected chi connectivity index (χ4v) is 4.43. The van der Waals surface area contributed by atoms with Crippen LogP contribution in [-0.2, 0) is 12.8 Å². The lowest BCUT2D eigenvalue weighted by Crippen LogP contribution is -2.34. The van der Waals surface area contributed by atoms with Gasteiger partial charge in [0.05, 0.1) is 18.5 Å². The Bertz CT molecular complexity index is 1240. The van der Waals surface area contributed by atoms with E-state index in [-0.39, 0.29) is 17.2 Å². The summed E-state index contributed by atoms with van der Waals surface area (Å²) in [5.41, 5.74) is 5.22. The molecule has 168 valence electrons. The van der Waals surface area contributed by atoms with Gasteiger partial charge in [-0.25, -0.2) is 0 Å². The third-order valence-electron chi connectivity index (χ3n) is 6.05. The van der Waals surface area contributed by atoms with Gasteiger partial charge in [-0.1, -0.05) is 0 Å². The number of anilines is 1. The summed E-state index contributed by atoms with van der Waals surface area (Å²) in [5, 5.41) is 38.1. The summed E-state index contributed by atoms with van der Waals surface area (Å²) >= 11 is 0. The number of phenols is 2. The number of hydrogen-bond acceptors (Lipinski definition) is 8. The van der Waals surface area contributed by atoms with Gasteiger partial charge >= 0.3 is 0 Å². The molecule has 2 aliphatic heterocycles. The molecule has 0 aliphatic carbocycles. The number of azo groups is 2. The van der Waals surface area contributed by atoms with E-state index in [0.717, 1.165) is 50.1 Å². The molecule has 33 heavy (non-hydrogen) atoms. The molecule has 3 aromatic carbocycles. The smallest absolute Gasteiger partial charge is 0.148 e. The van der Waals surface area contributed by atoms with Crippen molar-refractivity contribution in [3.8, 4) is 17.2 Å². The van der Waals surface area contributed by atoms with Gasteiger partial charge < -0.3 is 19.8 Å². The first-order chi connectivity index (χ1) is 16.1. The van der Waals surface area contributed by atoms with Gasteiger partial charge in [0.1, 0.15) is 28.6 Å². The van der Waals surface area contributed by atoms with Gasteiger partial charge in [0.25, 0.3) is 0 Å². The maximum atomic E-state index is 10.9. The Kier molecular flexibility index (Phi) is 5.64. The van der Waals surface area contributed by atoms with Crippen LogP contribution >= 0.6 is 0 Å². The topological polar surface area (TPSA) is 102 Å². The molecule has 0 bridgehead atoms. The molecular formula is C25H25N5O3. The average molecular weight is 444 g/mol. The summed E-state index contributed by atoms with van der Waals surface area (Å²) in [6, 6.07) is 13.9. The van der Waals surface area contributed by atoms with Crippen LogP contribution < -0.4 is 9.64 Å². The second-order valence-electron chi connectivity index (χ2n) is 8.20. The normalized spacial score (nSPS) is 15.2. The Hall–Kier alpha value is -3.94. The summed E-state index contributed by atoms with van der Waals surface area (Å²) in [5.74, 6) is 0.902. The Morgan fingerprint density at radius 3 is 2.27 bits per heavy atom. The Morgan fingerprint density at radius 1 is 0.788 bits per heavy atom. The van der Waals surface area contributed by atoms with E-state index >= 15 is 0 Å². The molecule has 0 spiro atoms. The molecule has 2 N–H and O–H groups in total. The van der Waals surface area contributed by atoms with Gasteiger partial charge in [-0.05, 0) is 79.8 Å². The van der Waals surface area contributed by atoms with E-state index in [4.69, 9.17) is 4.74 Å². The number of aryl methyl sites for hydroxylation is 1. The van der Waals surface area contributed by atoms with Crippen molar-refractivity contribution in [3.05, 3.63) is 59.7 Å². The summed E-state index contributed by atoms with van der Waals surface area (Å²) in [7, 11) is 1.61. The molecule has 0 radical (unpaired) electrons. The van der Waals surface area contributed by atoms with E-state index in [1.54, 1.807) is 31.4 Å². The SMILES string of the molecule is COc1ccc(N=Nc2ccc(O)c(N=Nc3cc4c5c(c3O)CCCN5CCC4)c2)cc1. The number of benzene rings is 3. The van der Waals surface area contributed by atoms with Gasteiger partial charge in [0, 0.05) is 24.3 Å². The largest absolute Gasteiger partial charge is 0.506 e. The minimum atomic E-state index is -0.0212. The van der Waals surface area contributed by atoms with Crippen molar-refractivity contribution in [1.82, 2.24) is 0 Å². The maximum Gasteiger partial charge on any atom is 0.148 e. The lowest BCUT2D eigenvalue weighted by Gasteiger charge is -2.37. The lowest BCUT2D eigenvalue weighted by atomic mass is 9.90. The van der Waals surface area contributed by atoms with E-state index in [0.29, 0.717) is 17.1 Å². The average Bonchev–Trinajstić information content (AvgIpc) is 2.85. The van der Waals surface area contributed by atoms with Crippen LogP contribution in [0.2, 0.25) is 0 Å². The molecule has 5 rings (SSSR count). The van der Waals surface area contributed by atoms with Crippen LogP contribution in [0.1, 0.15) is 24.0 Å². The molecule has 0 unspecified atom stereocenters. The van der Waals surface area contributed by atoms with Crippen LogP contribution in [0.15, 0.2) is 69.0 Å². The molecule has 0 fully saturated rings. The molecule has 2 aliphatic rings. The number of nitrogens with zero attached hydrogens (tertiary/aromatic N) is 5. The third kappa shape index (κ3) is 4.24. The van der Waals surface area contributed by atoms with Gasteiger partial charge in [-0.3, -0.25) is 0 Å². The Balaban J connectivity index is 1.41. The van der Waals surface area contributed by atoms with E-state index < -0.39 is 0 Å². The minimum Gasteiger partial charge on any atom is -0.506 e. The van der Waals surface area contributed by atoms with Crippen LogP contribution in [0.25, 0.3) is 0 Å². The van der Waals surface area contributed by atoms with E-state index in [9.17, 15) is 10.2 Å². The van der Waals surface area contributed by atoms with Crippen molar-refractivity contribution in [3.63, 3.8) is 0 Å².